The van der Waals surface area contributed by atoms with E-state index < -0.39 is 11.9 Å². The van der Waals surface area contributed by atoms with Gasteiger partial charge >= 0.3 is 11.9 Å². The van der Waals surface area contributed by atoms with E-state index in [1.54, 1.807) is 0 Å². The molecule has 0 bridgehead atoms. The molecule has 0 spiro atoms. The third kappa shape index (κ3) is 7.03. The molecule has 1 aliphatic heterocycles. The molecule has 0 aromatic heterocycles. The Kier molecular flexibility index (Phi) is 4.50. The van der Waals surface area contributed by atoms with Crippen molar-refractivity contribution in [2.45, 2.75) is 33.6 Å². The van der Waals surface area contributed by atoms with E-state index in [9.17, 15) is 9.59 Å². The van der Waals surface area contributed by atoms with Crippen molar-refractivity contribution < 1.29 is 14.3 Å². The van der Waals surface area contributed by atoms with Crippen LogP contribution in [0.25, 0.3) is 0 Å². The van der Waals surface area contributed by atoms with Crippen molar-refractivity contribution in [3.8, 4) is 0 Å². The summed E-state index contributed by atoms with van der Waals surface area (Å²) in [6.45, 7) is 6.50. The zero-order chi connectivity index (χ0) is 8.85. The maximum absolute atomic E-state index is 10.0. The number of rotatable bonds is 0. The van der Waals surface area contributed by atoms with E-state index in [1.807, 2.05) is 0 Å². The summed E-state index contributed by atoms with van der Waals surface area (Å²) < 4.78 is 4.08. The van der Waals surface area contributed by atoms with Gasteiger partial charge in [-0.25, -0.2) is 0 Å². The van der Waals surface area contributed by atoms with Crippen LogP contribution in [0.15, 0.2) is 0 Å². The summed E-state index contributed by atoms with van der Waals surface area (Å²) in [5.74, 6) is 0.0370. The molecule has 0 aromatic carbocycles. The van der Waals surface area contributed by atoms with E-state index in [-0.39, 0.29) is 12.8 Å². The van der Waals surface area contributed by atoms with Gasteiger partial charge in [0.2, 0.25) is 0 Å². The molecule has 0 aliphatic carbocycles. The molecule has 1 saturated heterocycles. The minimum absolute atomic E-state index is 0.263. The monoisotopic (exact) mass is 158 g/mol. The van der Waals surface area contributed by atoms with Crippen molar-refractivity contribution in [3.63, 3.8) is 0 Å². The molecule has 0 aromatic rings. The number of ether oxygens (including phenoxy) is 1. The van der Waals surface area contributed by atoms with Crippen LogP contribution < -0.4 is 0 Å². The van der Waals surface area contributed by atoms with Crippen LogP contribution in [0.2, 0.25) is 0 Å². The molecular weight excluding hydrogens is 144 g/mol. The van der Waals surface area contributed by atoms with Crippen LogP contribution in [0.3, 0.4) is 0 Å². The number of hydrogen-bond acceptors (Lipinski definition) is 3. The first-order valence-electron chi connectivity index (χ1n) is 3.76. The van der Waals surface area contributed by atoms with Crippen LogP contribution in [0.4, 0.5) is 0 Å². The zero-order valence-electron chi connectivity index (χ0n) is 7.22. The second-order valence-electron chi connectivity index (χ2n) is 3.08. The lowest BCUT2D eigenvalue weighted by Gasteiger charge is -1.79. The van der Waals surface area contributed by atoms with E-state index in [1.165, 1.54) is 0 Å². The number of cyclic esters (lactones) is 2. The summed E-state index contributed by atoms with van der Waals surface area (Å²) in [5, 5.41) is 0. The van der Waals surface area contributed by atoms with Crippen LogP contribution in [-0.4, -0.2) is 11.9 Å². The first kappa shape index (κ1) is 10.1. The number of carbonyl (C=O) groups is 2. The quantitative estimate of drug-likeness (QED) is 0.396. The summed E-state index contributed by atoms with van der Waals surface area (Å²) >= 11 is 0. The molecule has 1 fully saturated rings. The highest BCUT2D eigenvalue weighted by Crippen LogP contribution is 2.03. The Morgan fingerprint density at radius 1 is 1.09 bits per heavy atom. The molecule has 0 radical (unpaired) electrons. The second kappa shape index (κ2) is 4.88. The fourth-order valence-corrected chi connectivity index (χ4v) is 0.433. The third-order valence-electron chi connectivity index (χ3n) is 0.761. The van der Waals surface area contributed by atoms with Gasteiger partial charge < -0.3 is 4.74 Å². The topological polar surface area (TPSA) is 43.4 Å². The maximum Gasteiger partial charge on any atom is 0.314 e. The standard InChI is InChI=1S/C4H4O3.C4H10/c5-3-1-2-4(6)7-3;1-4(2)3/h1-2H2;4H,1-3H3. The molecule has 0 N–H and O–H groups in total. The van der Waals surface area contributed by atoms with Gasteiger partial charge in [-0.15, -0.1) is 0 Å². The van der Waals surface area contributed by atoms with Gasteiger partial charge in [0, 0.05) is 0 Å². The number of carbonyl (C=O) groups excluding carboxylic acids is 2. The second-order valence-corrected chi connectivity index (χ2v) is 3.08. The predicted octanol–water partition coefficient (Wildman–Crippen LogP) is 1.51. The average Bonchev–Trinajstić information content (AvgIpc) is 2.13. The fourth-order valence-electron chi connectivity index (χ4n) is 0.433. The van der Waals surface area contributed by atoms with Gasteiger partial charge in [0.1, 0.15) is 0 Å². The van der Waals surface area contributed by atoms with Gasteiger partial charge in [-0.2, -0.15) is 0 Å². The molecule has 0 amide bonds. The third-order valence-corrected chi connectivity index (χ3v) is 0.761. The van der Waals surface area contributed by atoms with Gasteiger partial charge in [-0.3, -0.25) is 9.59 Å². The fraction of sp³-hybridized carbons (Fsp3) is 0.750. The highest BCUT2D eigenvalue weighted by molar-refractivity contribution is 5.92. The zero-order valence-corrected chi connectivity index (χ0v) is 7.22. The molecule has 11 heavy (non-hydrogen) atoms. The van der Waals surface area contributed by atoms with Crippen molar-refractivity contribution in [2.24, 2.45) is 5.92 Å². The van der Waals surface area contributed by atoms with Crippen molar-refractivity contribution in [1.82, 2.24) is 0 Å². The Labute approximate surface area is 66.7 Å². The van der Waals surface area contributed by atoms with E-state index >= 15 is 0 Å². The first-order valence-corrected chi connectivity index (χ1v) is 3.76. The lowest BCUT2D eigenvalue weighted by atomic mass is 10.3. The first-order chi connectivity index (χ1) is 5.02. The molecule has 0 unspecified atom stereocenters. The van der Waals surface area contributed by atoms with Crippen LogP contribution in [-0.2, 0) is 14.3 Å². The van der Waals surface area contributed by atoms with E-state index in [0.717, 1.165) is 5.92 Å². The molecule has 3 nitrogen and oxygen atoms in total. The largest absolute Gasteiger partial charge is 0.393 e. The Bertz CT molecular complexity index is 133. The summed E-state index contributed by atoms with van der Waals surface area (Å²) in [4.78, 5) is 20.0. The van der Waals surface area contributed by atoms with Crippen molar-refractivity contribution in [1.29, 1.82) is 0 Å². The van der Waals surface area contributed by atoms with Gasteiger partial charge in [0.25, 0.3) is 0 Å². The maximum atomic E-state index is 10.0. The number of esters is 2. The molecule has 1 aliphatic rings. The Morgan fingerprint density at radius 2 is 1.36 bits per heavy atom. The lowest BCUT2D eigenvalue weighted by molar-refractivity contribution is -0.151. The summed E-state index contributed by atoms with van der Waals surface area (Å²) in [6.07, 6.45) is 0.525. The Hall–Kier alpha value is -0.860. The van der Waals surface area contributed by atoms with Crippen LogP contribution in [0.1, 0.15) is 33.6 Å². The van der Waals surface area contributed by atoms with Crippen LogP contribution in [0.5, 0.6) is 0 Å². The van der Waals surface area contributed by atoms with Crippen molar-refractivity contribution in [3.05, 3.63) is 0 Å². The molecule has 0 saturated carbocycles. The normalized spacial score (nSPS) is 16.0. The van der Waals surface area contributed by atoms with Crippen molar-refractivity contribution in [2.75, 3.05) is 0 Å². The molecule has 0 atom stereocenters. The summed E-state index contributed by atoms with van der Waals surface area (Å²) in [5.41, 5.74) is 0. The highest BCUT2D eigenvalue weighted by Gasteiger charge is 2.19. The van der Waals surface area contributed by atoms with Crippen molar-refractivity contribution >= 4 is 11.9 Å². The van der Waals surface area contributed by atoms with Gasteiger partial charge in [0.05, 0.1) is 12.8 Å². The Balaban J connectivity index is 0.000000218. The minimum Gasteiger partial charge on any atom is -0.393 e. The van der Waals surface area contributed by atoms with Crippen LogP contribution >= 0.6 is 0 Å². The molecule has 64 valence electrons. The Morgan fingerprint density at radius 3 is 1.45 bits per heavy atom. The number of hydrogen-bond donors (Lipinski definition) is 0. The minimum atomic E-state index is -0.398. The lowest BCUT2D eigenvalue weighted by Crippen LogP contribution is -1.94. The van der Waals surface area contributed by atoms with Gasteiger partial charge in [-0.1, -0.05) is 20.8 Å². The van der Waals surface area contributed by atoms with E-state index in [4.69, 9.17) is 0 Å². The van der Waals surface area contributed by atoms with E-state index in [0.29, 0.717) is 0 Å². The average molecular weight is 158 g/mol. The van der Waals surface area contributed by atoms with Gasteiger partial charge in [0.15, 0.2) is 0 Å². The highest BCUT2D eigenvalue weighted by atomic mass is 16.6. The van der Waals surface area contributed by atoms with E-state index in [2.05, 4.69) is 25.5 Å². The summed E-state index contributed by atoms with van der Waals surface area (Å²) in [7, 11) is 0. The smallest absolute Gasteiger partial charge is 0.314 e. The SMILES string of the molecule is CC(C)C.O=C1CCC(=O)O1. The molecule has 3 heteroatoms. The molecule has 1 rings (SSSR count). The predicted molar refractivity (Wildman–Crippen MR) is 40.8 cm³/mol. The summed E-state index contributed by atoms with van der Waals surface area (Å²) in [6, 6.07) is 0. The van der Waals surface area contributed by atoms with Gasteiger partial charge in [-0.05, 0) is 5.92 Å². The molecule has 1 heterocycles. The van der Waals surface area contributed by atoms with Crippen LogP contribution in [0, 0.1) is 5.92 Å². The molecular formula is C8H14O3.